The molecule has 10 nitrogen and oxygen atoms in total. The number of fused-ring (bicyclic) bond motifs is 2. The number of halogens is 3. The average molecular weight is 661 g/mol. The van der Waals surface area contributed by atoms with Crippen LogP contribution in [0.3, 0.4) is 0 Å². The standard InChI is InChI=1S/C32H27ClF2N8O2S/c1-14(16-3-2-6-39-28(16)37)43-7-8-44-26-22-25(41-31(42-30(22)43)45-13-32-9-15(10-32)40-12-32)24(35)21(23(26)33)17-4-5-19(34)27-20(17)18(11-36)29(38)46-27/h2-6,14-15,40H,7-10,12-13,38H2,1H3,(H2,37,39)/t14-,15?,32?/m1/s1. The maximum Gasteiger partial charge on any atom is 0.319 e. The van der Waals surface area contributed by atoms with Crippen LogP contribution in [0.5, 0.6) is 11.8 Å². The molecule has 1 atom stereocenters. The molecule has 4 aliphatic rings. The second kappa shape index (κ2) is 10.5. The van der Waals surface area contributed by atoms with Crippen LogP contribution in [0.4, 0.5) is 25.4 Å². The van der Waals surface area contributed by atoms with E-state index in [4.69, 9.17) is 37.5 Å². The molecular formula is C32H27ClF2N8O2S. The number of ether oxygens (including phenoxy) is 2. The first kappa shape index (κ1) is 28.9. The number of pyridine rings is 1. The second-order valence-corrected chi connectivity index (χ2v) is 13.5. The Morgan fingerprint density at radius 2 is 2.09 bits per heavy atom. The molecule has 5 aromatic rings. The van der Waals surface area contributed by atoms with E-state index in [-0.39, 0.29) is 77.5 Å². The van der Waals surface area contributed by atoms with E-state index in [1.165, 1.54) is 12.1 Å². The molecule has 6 heterocycles. The average Bonchev–Trinajstić information content (AvgIpc) is 3.69. The molecule has 2 bridgehead atoms. The van der Waals surface area contributed by atoms with Gasteiger partial charge >= 0.3 is 6.01 Å². The van der Waals surface area contributed by atoms with Crippen LogP contribution in [-0.2, 0) is 0 Å². The highest BCUT2D eigenvalue weighted by atomic mass is 35.5. The van der Waals surface area contributed by atoms with Crippen molar-refractivity contribution in [2.75, 3.05) is 42.7 Å². The van der Waals surface area contributed by atoms with Crippen molar-refractivity contribution >= 4 is 60.6 Å². The Morgan fingerprint density at radius 3 is 2.83 bits per heavy atom. The summed E-state index contributed by atoms with van der Waals surface area (Å²) in [5.74, 6) is -0.476. The zero-order chi connectivity index (χ0) is 31.9. The van der Waals surface area contributed by atoms with Crippen molar-refractivity contribution in [1.82, 2.24) is 20.3 Å². The van der Waals surface area contributed by atoms with Gasteiger partial charge in [0.25, 0.3) is 0 Å². The molecular weight excluding hydrogens is 634 g/mol. The summed E-state index contributed by atoms with van der Waals surface area (Å²) in [4.78, 5) is 15.6. The smallest absolute Gasteiger partial charge is 0.319 e. The number of benzene rings is 2. The van der Waals surface area contributed by atoms with Crippen LogP contribution in [0.25, 0.3) is 32.1 Å². The summed E-state index contributed by atoms with van der Waals surface area (Å²) in [6.07, 6.45) is 3.61. The Bertz CT molecular complexity index is 2120. The number of aromatic nitrogens is 3. The Kier molecular flexibility index (Phi) is 6.61. The normalized spacial score (nSPS) is 20.7. The molecule has 3 fully saturated rings. The lowest BCUT2D eigenvalue weighted by atomic mass is 9.71. The number of hydrogen-bond donors (Lipinski definition) is 3. The minimum Gasteiger partial charge on any atom is -0.489 e. The van der Waals surface area contributed by atoms with Gasteiger partial charge in [-0.2, -0.15) is 15.2 Å². The second-order valence-electron chi connectivity index (χ2n) is 12.1. The Hall–Kier alpha value is -4.51. The summed E-state index contributed by atoms with van der Waals surface area (Å²) in [5, 5.41) is 13.9. The maximum atomic E-state index is 17.1. The van der Waals surface area contributed by atoms with Gasteiger partial charge in [0.15, 0.2) is 11.6 Å². The number of rotatable bonds is 6. The van der Waals surface area contributed by atoms with Gasteiger partial charge in [0, 0.05) is 40.7 Å². The van der Waals surface area contributed by atoms with Crippen molar-refractivity contribution in [2.24, 2.45) is 5.41 Å². The van der Waals surface area contributed by atoms with Crippen molar-refractivity contribution in [3.63, 3.8) is 0 Å². The van der Waals surface area contributed by atoms with Crippen molar-refractivity contribution in [3.8, 4) is 29.0 Å². The molecule has 3 aromatic heterocycles. The third-order valence-electron chi connectivity index (χ3n) is 9.41. The largest absolute Gasteiger partial charge is 0.489 e. The lowest BCUT2D eigenvalue weighted by Crippen LogP contribution is -2.38. The van der Waals surface area contributed by atoms with Gasteiger partial charge in [-0.15, -0.1) is 11.3 Å². The van der Waals surface area contributed by atoms with E-state index in [1.807, 2.05) is 24.0 Å². The molecule has 0 unspecified atom stereocenters. The molecule has 46 heavy (non-hydrogen) atoms. The molecule has 234 valence electrons. The van der Waals surface area contributed by atoms with Gasteiger partial charge in [-0.05, 0) is 37.5 Å². The van der Waals surface area contributed by atoms with Gasteiger partial charge in [-0.1, -0.05) is 23.7 Å². The Morgan fingerprint density at radius 1 is 1.26 bits per heavy atom. The minimum atomic E-state index is -0.790. The fourth-order valence-electron chi connectivity index (χ4n) is 7.09. The first-order valence-electron chi connectivity index (χ1n) is 14.8. The van der Waals surface area contributed by atoms with Crippen molar-refractivity contribution in [2.45, 2.75) is 31.8 Å². The topological polar surface area (TPSA) is 148 Å². The van der Waals surface area contributed by atoms with E-state index >= 15 is 4.39 Å². The number of nitrogens with one attached hydrogen (secondary N) is 1. The number of thiophene rings is 1. The number of nitriles is 1. The van der Waals surface area contributed by atoms with Gasteiger partial charge in [-0.25, -0.2) is 13.8 Å². The SMILES string of the molecule is C[C@H](c1cccnc1N)N1CCOc2c(Cl)c(-c3ccc(F)c4sc(N)c(C#N)c34)c(F)c3nc(OCC45CNC(C4)C5)nc1c23. The summed E-state index contributed by atoms with van der Waals surface area (Å²) in [5.41, 5.74) is 13.2. The highest BCUT2D eigenvalue weighted by Gasteiger charge is 2.51. The van der Waals surface area contributed by atoms with E-state index in [9.17, 15) is 9.65 Å². The quantitative estimate of drug-likeness (QED) is 0.199. The molecule has 1 saturated carbocycles. The molecule has 9 rings (SSSR count). The molecule has 14 heteroatoms. The third-order valence-corrected chi connectivity index (χ3v) is 10.8. The zero-order valence-electron chi connectivity index (χ0n) is 24.5. The van der Waals surface area contributed by atoms with Gasteiger partial charge in [-0.3, -0.25) is 0 Å². The Balaban J connectivity index is 1.37. The third kappa shape index (κ3) is 4.24. The van der Waals surface area contributed by atoms with Crippen LogP contribution in [0.15, 0.2) is 30.5 Å². The number of nitrogens with two attached hydrogens (primary N) is 2. The zero-order valence-corrected chi connectivity index (χ0v) is 26.1. The molecule has 0 spiro atoms. The number of anilines is 3. The summed E-state index contributed by atoms with van der Waals surface area (Å²) >= 11 is 7.94. The van der Waals surface area contributed by atoms with Crippen LogP contribution < -0.4 is 31.2 Å². The lowest BCUT2D eigenvalue weighted by Gasteiger charge is -2.36. The fraction of sp³-hybridized carbons (Fsp3) is 0.312. The molecule has 3 aliphatic heterocycles. The highest BCUT2D eigenvalue weighted by Crippen LogP contribution is 2.52. The van der Waals surface area contributed by atoms with Crippen LogP contribution in [0, 0.1) is 28.4 Å². The van der Waals surface area contributed by atoms with E-state index in [0.29, 0.717) is 30.8 Å². The molecule has 2 saturated heterocycles. The number of nitrogens with zero attached hydrogens (tertiary/aromatic N) is 5. The summed E-state index contributed by atoms with van der Waals surface area (Å²) in [6, 6.07) is 8.47. The summed E-state index contributed by atoms with van der Waals surface area (Å²) in [6.45, 7) is 3.67. The van der Waals surface area contributed by atoms with Crippen molar-refractivity contribution in [1.29, 1.82) is 5.26 Å². The first-order chi connectivity index (χ1) is 22.2. The summed E-state index contributed by atoms with van der Waals surface area (Å²) in [7, 11) is 0. The summed E-state index contributed by atoms with van der Waals surface area (Å²) < 4.78 is 44.6. The van der Waals surface area contributed by atoms with Gasteiger partial charge in [0.2, 0.25) is 0 Å². The minimum absolute atomic E-state index is 0.00495. The van der Waals surface area contributed by atoms with Crippen LogP contribution >= 0.6 is 22.9 Å². The molecule has 0 radical (unpaired) electrons. The predicted molar refractivity (Wildman–Crippen MR) is 173 cm³/mol. The van der Waals surface area contributed by atoms with Gasteiger partial charge in [0.05, 0.1) is 39.9 Å². The van der Waals surface area contributed by atoms with Gasteiger partial charge < -0.3 is 31.2 Å². The van der Waals surface area contributed by atoms with Gasteiger partial charge in [0.1, 0.15) is 40.6 Å². The van der Waals surface area contributed by atoms with Crippen LogP contribution in [0.1, 0.15) is 36.9 Å². The van der Waals surface area contributed by atoms with Crippen molar-refractivity contribution < 1.29 is 18.3 Å². The molecule has 2 aromatic carbocycles. The van der Waals surface area contributed by atoms with E-state index < -0.39 is 11.6 Å². The number of hydrogen-bond acceptors (Lipinski definition) is 11. The Labute approximate surface area is 270 Å². The maximum absolute atomic E-state index is 17.1. The first-order valence-corrected chi connectivity index (χ1v) is 16.0. The number of nitrogen functional groups attached to an aromatic ring is 2. The molecule has 1 aliphatic carbocycles. The van der Waals surface area contributed by atoms with Crippen molar-refractivity contribution in [3.05, 3.63) is 58.2 Å². The fourth-order valence-corrected chi connectivity index (χ4v) is 8.37. The van der Waals surface area contributed by atoms with Crippen LogP contribution in [-0.4, -0.2) is 47.3 Å². The monoisotopic (exact) mass is 660 g/mol. The van der Waals surface area contributed by atoms with E-state index in [1.54, 1.807) is 12.3 Å². The van der Waals surface area contributed by atoms with E-state index in [0.717, 1.165) is 36.3 Å². The predicted octanol–water partition coefficient (Wildman–Crippen LogP) is 5.96. The van der Waals surface area contributed by atoms with E-state index in [2.05, 4.69) is 15.3 Å². The molecule has 5 N–H and O–H groups in total. The van der Waals surface area contributed by atoms with Crippen LogP contribution in [0.2, 0.25) is 5.02 Å². The molecule has 0 amide bonds. The highest BCUT2D eigenvalue weighted by molar-refractivity contribution is 7.23. The lowest BCUT2D eigenvalue weighted by molar-refractivity contribution is 0.0956.